The quantitative estimate of drug-likeness (QED) is 0.818. The van der Waals surface area contributed by atoms with Crippen LogP contribution in [0.3, 0.4) is 0 Å². The molecule has 3 fully saturated rings. The van der Waals surface area contributed by atoms with Crippen LogP contribution in [0, 0.1) is 0 Å². The zero-order valence-corrected chi connectivity index (χ0v) is 13.2. The molecule has 0 spiro atoms. The van der Waals surface area contributed by atoms with E-state index in [2.05, 4.69) is 21.7 Å². The molecule has 3 aliphatic rings. The first-order valence-electron chi connectivity index (χ1n) is 8.61. The Labute approximate surface area is 124 Å². The van der Waals surface area contributed by atoms with Crippen molar-refractivity contribution in [3.63, 3.8) is 0 Å². The Morgan fingerprint density at radius 1 is 1.00 bits per heavy atom. The minimum absolute atomic E-state index is 0.281. The molecule has 2 atom stereocenters. The Balaban J connectivity index is 1.73. The first-order chi connectivity index (χ1) is 9.73. The molecule has 0 aliphatic carbocycles. The van der Waals surface area contributed by atoms with Crippen molar-refractivity contribution in [2.24, 2.45) is 5.73 Å². The topological polar surface area (TPSA) is 35.7 Å². The fourth-order valence-corrected chi connectivity index (χ4v) is 4.60. The molecule has 4 heteroatoms. The van der Waals surface area contributed by atoms with E-state index in [1.807, 2.05) is 0 Å². The number of hydrogen-bond acceptors (Lipinski definition) is 4. The summed E-state index contributed by atoms with van der Waals surface area (Å²) in [5.74, 6) is 0. The second-order valence-electron chi connectivity index (χ2n) is 7.22. The lowest BCUT2D eigenvalue weighted by molar-refractivity contribution is 0.0707. The molecule has 0 aromatic carbocycles. The normalized spacial score (nSPS) is 38.4. The van der Waals surface area contributed by atoms with E-state index in [1.54, 1.807) is 0 Å². The maximum absolute atomic E-state index is 6.30. The second-order valence-corrected chi connectivity index (χ2v) is 7.22. The Hall–Kier alpha value is -0.160. The van der Waals surface area contributed by atoms with Gasteiger partial charge in [0.15, 0.2) is 0 Å². The van der Waals surface area contributed by atoms with E-state index in [4.69, 9.17) is 5.73 Å². The molecule has 0 aromatic heterocycles. The van der Waals surface area contributed by atoms with E-state index in [0.717, 1.165) is 12.6 Å². The van der Waals surface area contributed by atoms with Crippen molar-refractivity contribution in [2.75, 3.05) is 52.9 Å². The van der Waals surface area contributed by atoms with Crippen LogP contribution in [0.2, 0.25) is 0 Å². The average Bonchev–Trinajstić information content (AvgIpc) is 2.68. The number of likely N-dealkylation sites (tertiary alicyclic amines) is 1. The largest absolute Gasteiger partial charge is 0.329 e. The fourth-order valence-electron chi connectivity index (χ4n) is 4.60. The molecule has 3 aliphatic heterocycles. The lowest BCUT2D eigenvalue weighted by atomic mass is 9.87. The van der Waals surface area contributed by atoms with Gasteiger partial charge in [-0.1, -0.05) is 0 Å². The number of rotatable bonds is 2. The molecule has 0 amide bonds. The van der Waals surface area contributed by atoms with Gasteiger partial charge in [0.1, 0.15) is 0 Å². The van der Waals surface area contributed by atoms with E-state index in [0.29, 0.717) is 0 Å². The standard InChI is InChI=1S/C16H32N4/c1-18-8-3-6-16(14-17,7-12-18)20-11-4-10-19-9-2-5-15(19)13-20/h15H,2-14,17H2,1H3. The van der Waals surface area contributed by atoms with Crippen molar-refractivity contribution in [2.45, 2.75) is 50.1 Å². The number of hydrogen-bond donors (Lipinski definition) is 1. The smallest absolute Gasteiger partial charge is 0.0345 e. The van der Waals surface area contributed by atoms with Crippen molar-refractivity contribution in [3.05, 3.63) is 0 Å². The van der Waals surface area contributed by atoms with Gasteiger partial charge in [-0.25, -0.2) is 0 Å². The Bertz CT molecular complexity index is 322. The van der Waals surface area contributed by atoms with Crippen LogP contribution < -0.4 is 5.73 Å². The van der Waals surface area contributed by atoms with Crippen molar-refractivity contribution in [3.8, 4) is 0 Å². The molecule has 0 saturated carbocycles. The summed E-state index contributed by atoms with van der Waals surface area (Å²) in [6, 6.07) is 0.807. The minimum atomic E-state index is 0.281. The Morgan fingerprint density at radius 2 is 1.85 bits per heavy atom. The van der Waals surface area contributed by atoms with Gasteiger partial charge in [0.25, 0.3) is 0 Å². The van der Waals surface area contributed by atoms with Crippen LogP contribution in [0.4, 0.5) is 0 Å². The van der Waals surface area contributed by atoms with Crippen molar-refractivity contribution >= 4 is 0 Å². The molecule has 0 aromatic rings. The van der Waals surface area contributed by atoms with Crippen molar-refractivity contribution in [1.82, 2.24) is 14.7 Å². The molecule has 2 N–H and O–H groups in total. The second kappa shape index (κ2) is 6.30. The van der Waals surface area contributed by atoms with Crippen LogP contribution in [-0.2, 0) is 0 Å². The SMILES string of the molecule is CN1CCCC(CN)(N2CCCN3CCCC3C2)CC1. The van der Waals surface area contributed by atoms with E-state index in [9.17, 15) is 0 Å². The summed E-state index contributed by atoms with van der Waals surface area (Å²) in [6.07, 6.45) is 7.98. The van der Waals surface area contributed by atoms with E-state index >= 15 is 0 Å². The molecular formula is C16H32N4. The number of nitrogens with two attached hydrogens (primary N) is 1. The van der Waals surface area contributed by atoms with Crippen molar-refractivity contribution < 1.29 is 0 Å². The molecule has 4 nitrogen and oxygen atoms in total. The first-order valence-corrected chi connectivity index (χ1v) is 8.61. The molecule has 20 heavy (non-hydrogen) atoms. The molecule has 0 radical (unpaired) electrons. The molecule has 3 heterocycles. The third-order valence-corrected chi connectivity index (χ3v) is 6.00. The lowest BCUT2D eigenvalue weighted by Crippen LogP contribution is -2.56. The van der Waals surface area contributed by atoms with Crippen LogP contribution >= 0.6 is 0 Å². The van der Waals surface area contributed by atoms with Gasteiger partial charge in [-0.2, -0.15) is 0 Å². The summed E-state index contributed by atoms with van der Waals surface area (Å²) in [5, 5.41) is 0. The Kier molecular flexibility index (Phi) is 4.65. The van der Waals surface area contributed by atoms with Crippen LogP contribution in [0.5, 0.6) is 0 Å². The van der Waals surface area contributed by atoms with Gasteiger partial charge in [-0.3, -0.25) is 9.80 Å². The summed E-state index contributed by atoms with van der Waals surface area (Å²) in [5.41, 5.74) is 6.58. The molecule has 3 saturated heterocycles. The summed E-state index contributed by atoms with van der Waals surface area (Å²) < 4.78 is 0. The first kappa shape index (κ1) is 14.8. The van der Waals surface area contributed by atoms with Gasteiger partial charge in [0, 0.05) is 31.2 Å². The zero-order chi connectivity index (χ0) is 14.0. The van der Waals surface area contributed by atoms with Crippen molar-refractivity contribution in [1.29, 1.82) is 0 Å². The molecule has 116 valence electrons. The van der Waals surface area contributed by atoms with Gasteiger partial charge >= 0.3 is 0 Å². The fraction of sp³-hybridized carbons (Fsp3) is 1.00. The number of nitrogens with zero attached hydrogens (tertiary/aromatic N) is 3. The molecular weight excluding hydrogens is 248 g/mol. The molecule has 3 rings (SSSR count). The number of fused-ring (bicyclic) bond motifs is 1. The maximum Gasteiger partial charge on any atom is 0.0345 e. The minimum Gasteiger partial charge on any atom is -0.329 e. The van der Waals surface area contributed by atoms with Gasteiger partial charge in [-0.05, 0) is 71.8 Å². The van der Waals surface area contributed by atoms with E-state index in [1.165, 1.54) is 77.8 Å². The molecule has 2 unspecified atom stereocenters. The Morgan fingerprint density at radius 3 is 2.70 bits per heavy atom. The van der Waals surface area contributed by atoms with Gasteiger partial charge in [0.05, 0.1) is 0 Å². The summed E-state index contributed by atoms with van der Waals surface area (Å²) in [7, 11) is 2.26. The lowest BCUT2D eigenvalue weighted by Gasteiger charge is -2.44. The predicted molar refractivity (Wildman–Crippen MR) is 83.9 cm³/mol. The highest BCUT2D eigenvalue weighted by Crippen LogP contribution is 2.32. The third-order valence-electron chi connectivity index (χ3n) is 6.00. The van der Waals surface area contributed by atoms with Gasteiger partial charge in [-0.15, -0.1) is 0 Å². The highest BCUT2D eigenvalue weighted by atomic mass is 15.3. The molecule has 0 bridgehead atoms. The van der Waals surface area contributed by atoms with E-state index in [-0.39, 0.29) is 5.54 Å². The average molecular weight is 280 g/mol. The highest BCUT2D eigenvalue weighted by Gasteiger charge is 2.40. The third kappa shape index (κ3) is 2.89. The summed E-state index contributed by atoms with van der Waals surface area (Å²) >= 11 is 0. The van der Waals surface area contributed by atoms with Crippen LogP contribution in [0.15, 0.2) is 0 Å². The zero-order valence-electron chi connectivity index (χ0n) is 13.2. The summed E-state index contributed by atoms with van der Waals surface area (Å²) in [6.45, 7) is 8.45. The van der Waals surface area contributed by atoms with Gasteiger partial charge < -0.3 is 10.6 Å². The van der Waals surface area contributed by atoms with Crippen LogP contribution in [-0.4, -0.2) is 79.1 Å². The monoisotopic (exact) mass is 280 g/mol. The summed E-state index contributed by atoms with van der Waals surface area (Å²) in [4.78, 5) is 8.01. The maximum atomic E-state index is 6.30. The van der Waals surface area contributed by atoms with Gasteiger partial charge in [0.2, 0.25) is 0 Å². The van der Waals surface area contributed by atoms with Crippen LogP contribution in [0.1, 0.15) is 38.5 Å². The van der Waals surface area contributed by atoms with Crippen LogP contribution in [0.25, 0.3) is 0 Å². The highest BCUT2D eigenvalue weighted by molar-refractivity contribution is 4.98. The predicted octanol–water partition coefficient (Wildman–Crippen LogP) is 0.970. The van der Waals surface area contributed by atoms with E-state index < -0.39 is 0 Å².